The van der Waals surface area contributed by atoms with Crippen molar-refractivity contribution in [1.82, 2.24) is 10.3 Å². The van der Waals surface area contributed by atoms with E-state index >= 15 is 0 Å². The van der Waals surface area contributed by atoms with Gasteiger partial charge in [0.15, 0.2) is 0 Å². The first kappa shape index (κ1) is 14.4. The van der Waals surface area contributed by atoms with E-state index in [0.29, 0.717) is 6.04 Å². The molecule has 3 nitrogen and oxygen atoms in total. The van der Waals surface area contributed by atoms with Crippen LogP contribution >= 0.6 is 11.8 Å². The van der Waals surface area contributed by atoms with Crippen LogP contribution in [-0.4, -0.2) is 34.7 Å². The van der Waals surface area contributed by atoms with E-state index < -0.39 is 0 Å². The molecule has 2 aliphatic rings. The minimum Gasteiger partial charge on any atom is -0.375 e. The van der Waals surface area contributed by atoms with Crippen molar-refractivity contribution in [2.75, 3.05) is 18.1 Å². The SMILES string of the molecule is Cc1cccnc1CNC1CCOC2(CCSCC2)C1. The fourth-order valence-corrected chi connectivity index (χ4v) is 4.48. The second-order valence-electron chi connectivity index (χ2n) is 5.98. The number of nitrogens with zero attached hydrogens (tertiary/aromatic N) is 1. The van der Waals surface area contributed by atoms with Gasteiger partial charge in [0.1, 0.15) is 0 Å². The molecule has 110 valence electrons. The Morgan fingerprint density at radius 3 is 3.10 bits per heavy atom. The van der Waals surface area contributed by atoms with Crippen LogP contribution in [0.25, 0.3) is 0 Å². The van der Waals surface area contributed by atoms with E-state index in [1.54, 1.807) is 0 Å². The van der Waals surface area contributed by atoms with Crippen LogP contribution in [0.4, 0.5) is 0 Å². The number of ether oxygens (including phenoxy) is 1. The normalized spacial score (nSPS) is 25.8. The van der Waals surface area contributed by atoms with E-state index in [0.717, 1.165) is 19.6 Å². The molecule has 2 fully saturated rings. The summed E-state index contributed by atoms with van der Waals surface area (Å²) in [6, 6.07) is 4.71. The standard InChI is InChI=1S/C16H24N2OS/c1-13-3-2-7-17-15(13)12-18-14-4-8-19-16(11-14)5-9-20-10-6-16/h2-3,7,14,18H,4-6,8-12H2,1H3. The van der Waals surface area contributed by atoms with Gasteiger partial charge in [-0.15, -0.1) is 0 Å². The van der Waals surface area contributed by atoms with Crippen molar-refractivity contribution in [2.45, 2.75) is 50.8 Å². The lowest BCUT2D eigenvalue weighted by molar-refractivity contribution is -0.0933. The van der Waals surface area contributed by atoms with Gasteiger partial charge in [-0.25, -0.2) is 0 Å². The highest BCUT2D eigenvalue weighted by atomic mass is 32.2. The molecular weight excluding hydrogens is 268 g/mol. The maximum Gasteiger partial charge on any atom is 0.0713 e. The highest BCUT2D eigenvalue weighted by molar-refractivity contribution is 7.99. The van der Waals surface area contributed by atoms with E-state index in [1.807, 2.05) is 12.3 Å². The summed E-state index contributed by atoms with van der Waals surface area (Å²) < 4.78 is 6.14. The van der Waals surface area contributed by atoms with Crippen molar-refractivity contribution >= 4 is 11.8 Å². The van der Waals surface area contributed by atoms with Gasteiger partial charge >= 0.3 is 0 Å². The summed E-state index contributed by atoms with van der Waals surface area (Å²) in [4.78, 5) is 4.47. The van der Waals surface area contributed by atoms with Gasteiger partial charge in [-0.2, -0.15) is 11.8 Å². The molecule has 20 heavy (non-hydrogen) atoms. The molecule has 2 saturated heterocycles. The van der Waals surface area contributed by atoms with Crippen molar-refractivity contribution in [2.24, 2.45) is 0 Å². The highest BCUT2D eigenvalue weighted by Gasteiger charge is 2.38. The minimum atomic E-state index is 0.167. The third-order valence-corrected chi connectivity index (χ3v) is 5.56. The molecule has 1 unspecified atom stereocenters. The minimum absolute atomic E-state index is 0.167. The van der Waals surface area contributed by atoms with E-state index in [9.17, 15) is 0 Å². The van der Waals surface area contributed by atoms with Gasteiger partial charge in [0, 0.05) is 25.4 Å². The lowest BCUT2D eigenvalue weighted by Crippen LogP contribution is -2.48. The zero-order valence-corrected chi connectivity index (χ0v) is 13.0. The van der Waals surface area contributed by atoms with Crippen LogP contribution in [0.2, 0.25) is 0 Å². The number of nitrogens with one attached hydrogen (secondary N) is 1. The summed E-state index contributed by atoms with van der Waals surface area (Å²) in [6.07, 6.45) is 6.62. The van der Waals surface area contributed by atoms with Crippen LogP contribution in [0, 0.1) is 6.92 Å². The van der Waals surface area contributed by atoms with Crippen LogP contribution in [0.5, 0.6) is 0 Å². The Morgan fingerprint density at radius 2 is 2.30 bits per heavy atom. The predicted molar refractivity (Wildman–Crippen MR) is 84.1 cm³/mol. The highest BCUT2D eigenvalue weighted by Crippen LogP contribution is 2.37. The first-order valence-corrected chi connectivity index (χ1v) is 8.78. The van der Waals surface area contributed by atoms with Crippen LogP contribution < -0.4 is 5.32 Å². The smallest absolute Gasteiger partial charge is 0.0713 e. The number of thioether (sulfide) groups is 1. The summed E-state index contributed by atoms with van der Waals surface area (Å²) in [5.74, 6) is 2.51. The Morgan fingerprint density at radius 1 is 1.45 bits per heavy atom. The van der Waals surface area contributed by atoms with Crippen molar-refractivity contribution in [3.8, 4) is 0 Å². The fourth-order valence-electron chi connectivity index (χ4n) is 3.24. The van der Waals surface area contributed by atoms with Gasteiger partial charge in [-0.3, -0.25) is 4.98 Å². The lowest BCUT2D eigenvalue weighted by atomic mass is 9.85. The third-order valence-electron chi connectivity index (χ3n) is 4.57. The second kappa shape index (κ2) is 6.46. The molecule has 0 aromatic carbocycles. The molecule has 0 amide bonds. The number of pyridine rings is 1. The first-order valence-electron chi connectivity index (χ1n) is 7.63. The van der Waals surface area contributed by atoms with E-state index in [2.05, 4.69) is 35.1 Å². The Hall–Kier alpha value is -0.580. The fraction of sp³-hybridized carbons (Fsp3) is 0.688. The average molecular weight is 292 g/mol. The largest absolute Gasteiger partial charge is 0.375 e. The van der Waals surface area contributed by atoms with Gasteiger partial charge < -0.3 is 10.1 Å². The predicted octanol–water partition coefficient (Wildman–Crippen LogP) is 2.92. The monoisotopic (exact) mass is 292 g/mol. The zero-order chi connectivity index (χ0) is 13.8. The Labute approximate surface area is 125 Å². The number of rotatable bonds is 3. The average Bonchev–Trinajstić information content (AvgIpc) is 2.47. The molecule has 0 aliphatic carbocycles. The van der Waals surface area contributed by atoms with Crippen molar-refractivity contribution in [1.29, 1.82) is 0 Å². The van der Waals surface area contributed by atoms with Crippen LogP contribution in [0.3, 0.4) is 0 Å². The van der Waals surface area contributed by atoms with E-state index in [1.165, 1.54) is 42.0 Å². The molecule has 0 saturated carbocycles. The van der Waals surface area contributed by atoms with E-state index in [4.69, 9.17) is 4.74 Å². The maximum absolute atomic E-state index is 6.14. The summed E-state index contributed by atoms with van der Waals surface area (Å²) >= 11 is 2.07. The quantitative estimate of drug-likeness (QED) is 0.929. The molecule has 0 bridgehead atoms. The molecule has 1 N–H and O–H groups in total. The Kier molecular flexibility index (Phi) is 4.64. The van der Waals surface area contributed by atoms with Crippen molar-refractivity contribution in [3.63, 3.8) is 0 Å². The number of aryl methyl sites for hydroxylation is 1. The molecule has 1 atom stereocenters. The number of aromatic nitrogens is 1. The Balaban J connectivity index is 1.56. The summed E-state index contributed by atoms with van der Waals surface area (Å²) in [5.41, 5.74) is 2.61. The van der Waals surface area contributed by atoms with Gasteiger partial charge in [-0.05, 0) is 55.7 Å². The molecule has 0 radical (unpaired) electrons. The van der Waals surface area contributed by atoms with Crippen LogP contribution in [-0.2, 0) is 11.3 Å². The van der Waals surface area contributed by atoms with Crippen molar-refractivity contribution in [3.05, 3.63) is 29.6 Å². The zero-order valence-electron chi connectivity index (χ0n) is 12.2. The third kappa shape index (κ3) is 3.35. The van der Waals surface area contributed by atoms with Crippen molar-refractivity contribution < 1.29 is 4.74 Å². The van der Waals surface area contributed by atoms with Crippen LogP contribution in [0.1, 0.15) is 36.9 Å². The molecule has 1 aromatic heterocycles. The molecule has 4 heteroatoms. The molecule has 3 heterocycles. The molecule has 1 aromatic rings. The topological polar surface area (TPSA) is 34.2 Å². The molecule has 3 rings (SSSR count). The summed E-state index contributed by atoms with van der Waals surface area (Å²) in [6.45, 7) is 3.92. The summed E-state index contributed by atoms with van der Waals surface area (Å²) in [7, 11) is 0. The van der Waals surface area contributed by atoms with Crippen LogP contribution in [0.15, 0.2) is 18.3 Å². The maximum atomic E-state index is 6.14. The first-order chi connectivity index (χ1) is 9.77. The second-order valence-corrected chi connectivity index (χ2v) is 7.21. The van der Waals surface area contributed by atoms with E-state index in [-0.39, 0.29) is 5.60 Å². The molecule has 1 spiro atoms. The number of hydrogen-bond donors (Lipinski definition) is 1. The van der Waals surface area contributed by atoms with Gasteiger partial charge in [0.2, 0.25) is 0 Å². The molecular formula is C16H24N2OS. The van der Waals surface area contributed by atoms with Gasteiger partial charge in [0.25, 0.3) is 0 Å². The lowest BCUT2D eigenvalue weighted by Gasteiger charge is -2.43. The Bertz CT molecular complexity index is 440. The summed E-state index contributed by atoms with van der Waals surface area (Å²) in [5, 5.41) is 3.70. The van der Waals surface area contributed by atoms with Gasteiger partial charge in [-0.1, -0.05) is 6.07 Å². The van der Waals surface area contributed by atoms with Gasteiger partial charge in [0.05, 0.1) is 11.3 Å². The molecule has 2 aliphatic heterocycles. The number of hydrogen-bond acceptors (Lipinski definition) is 4.